The van der Waals surface area contributed by atoms with Crippen LogP contribution in [-0.4, -0.2) is 18.2 Å². The smallest absolute Gasteiger partial charge is 0.0812 e. The van der Waals surface area contributed by atoms with Crippen LogP contribution in [0.2, 0.25) is 0 Å². The van der Waals surface area contributed by atoms with Gasteiger partial charge in [-0.05, 0) is 58.5 Å². The van der Waals surface area contributed by atoms with Crippen LogP contribution >= 0.6 is 11.3 Å². The molecule has 0 aromatic carbocycles. The number of rotatable bonds is 7. The van der Waals surface area contributed by atoms with Gasteiger partial charge in [-0.25, -0.2) is 0 Å². The molecule has 0 saturated heterocycles. The van der Waals surface area contributed by atoms with Crippen LogP contribution in [-0.2, 0) is 11.3 Å². The summed E-state index contributed by atoms with van der Waals surface area (Å²) >= 11 is 1.76. The number of nitrogens with one attached hydrogen (secondary N) is 1. The highest BCUT2D eigenvalue weighted by atomic mass is 32.1. The highest BCUT2D eigenvalue weighted by Crippen LogP contribution is 2.12. The predicted molar refractivity (Wildman–Crippen MR) is 75.6 cm³/mol. The Hall–Kier alpha value is -0.380. The number of ether oxygens (including phenoxy) is 1. The van der Waals surface area contributed by atoms with Crippen molar-refractivity contribution in [2.24, 2.45) is 0 Å². The van der Waals surface area contributed by atoms with Crippen LogP contribution in [0.1, 0.15) is 45.4 Å². The minimum atomic E-state index is 0.223. The molecule has 3 heteroatoms. The first-order valence-electron chi connectivity index (χ1n) is 6.36. The Morgan fingerprint density at radius 2 is 2.18 bits per heavy atom. The monoisotopic (exact) mass is 255 g/mol. The Morgan fingerprint density at radius 3 is 2.76 bits per heavy atom. The highest BCUT2D eigenvalue weighted by Gasteiger charge is 2.08. The molecule has 1 heterocycles. The fourth-order valence-corrected chi connectivity index (χ4v) is 2.18. The van der Waals surface area contributed by atoms with Crippen molar-refractivity contribution in [2.75, 3.05) is 6.54 Å². The van der Waals surface area contributed by atoms with E-state index < -0.39 is 0 Å². The molecule has 0 saturated carbocycles. The van der Waals surface area contributed by atoms with Crippen molar-refractivity contribution in [1.29, 1.82) is 0 Å². The third-order valence-corrected chi connectivity index (χ3v) is 3.38. The molecule has 17 heavy (non-hydrogen) atoms. The topological polar surface area (TPSA) is 21.3 Å². The Balaban J connectivity index is 2.03. The summed E-state index contributed by atoms with van der Waals surface area (Å²) < 4.78 is 5.80. The molecule has 1 atom stereocenters. The molecule has 0 spiro atoms. The van der Waals surface area contributed by atoms with Gasteiger partial charge in [0.2, 0.25) is 0 Å². The SMILES string of the molecule is CC(CCCNC(C)(C)C)OCc1cccs1. The van der Waals surface area contributed by atoms with Crippen LogP contribution < -0.4 is 5.32 Å². The Kier molecular flexibility index (Phi) is 6.17. The van der Waals surface area contributed by atoms with Crippen molar-refractivity contribution in [3.05, 3.63) is 22.4 Å². The van der Waals surface area contributed by atoms with Crippen LogP contribution in [0.15, 0.2) is 17.5 Å². The Labute approximate surface area is 109 Å². The first-order chi connectivity index (χ1) is 7.97. The first-order valence-corrected chi connectivity index (χ1v) is 7.24. The lowest BCUT2D eigenvalue weighted by Crippen LogP contribution is -2.36. The maximum absolute atomic E-state index is 5.80. The summed E-state index contributed by atoms with van der Waals surface area (Å²) in [6.45, 7) is 10.6. The van der Waals surface area contributed by atoms with E-state index in [1.165, 1.54) is 11.3 Å². The molecule has 1 aromatic heterocycles. The zero-order chi connectivity index (χ0) is 12.7. The quantitative estimate of drug-likeness (QED) is 0.748. The number of hydrogen-bond acceptors (Lipinski definition) is 3. The average Bonchev–Trinajstić information content (AvgIpc) is 2.73. The van der Waals surface area contributed by atoms with Crippen molar-refractivity contribution >= 4 is 11.3 Å². The van der Waals surface area contributed by atoms with E-state index in [0.29, 0.717) is 6.10 Å². The van der Waals surface area contributed by atoms with Crippen molar-refractivity contribution < 1.29 is 4.74 Å². The maximum atomic E-state index is 5.80. The van der Waals surface area contributed by atoms with Crippen LogP contribution in [0.25, 0.3) is 0 Å². The Bertz CT molecular complexity index is 290. The fraction of sp³-hybridized carbons (Fsp3) is 0.714. The van der Waals surface area contributed by atoms with Gasteiger partial charge in [-0.3, -0.25) is 0 Å². The van der Waals surface area contributed by atoms with E-state index in [2.05, 4.69) is 50.5 Å². The second-order valence-corrected chi connectivity index (χ2v) is 6.55. The molecule has 1 unspecified atom stereocenters. The normalized spacial score (nSPS) is 13.9. The summed E-state index contributed by atoms with van der Waals surface area (Å²) in [5.41, 5.74) is 0.223. The highest BCUT2D eigenvalue weighted by molar-refractivity contribution is 7.09. The van der Waals surface area contributed by atoms with Gasteiger partial charge in [0.15, 0.2) is 0 Å². The summed E-state index contributed by atoms with van der Waals surface area (Å²) in [5, 5.41) is 5.59. The molecule has 0 amide bonds. The van der Waals surface area contributed by atoms with E-state index in [4.69, 9.17) is 4.74 Å². The average molecular weight is 255 g/mol. The van der Waals surface area contributed by atoms with E-state index in [0.717, 1.165) is 19.6 Å². The van der Waals surface area contributed by atoms with Crippen molar-refractivity contribution in [2.45, 2.75) is 58.8 Å². The molecule has 98 valence electrons. The third-order valence-electron chi connectivity index (χ3n) is 2.53. The number of thiophene rings is 1. The minimum Gasteiger partial charge on any atom is -0.373 e. The van der Waals surface area contributed by atoms with Gasteiger partial charge < -0.3 is 10.1 Å². The van der Waals surface area contributed by atoms with E-state index in [-0.39, 0.29) is 5.54 Å². The molecule has 1 rings (SSSR count). The fourth-order valence-electron chi connectivity index (χ4n) is 1.56. The van der Waals surface area contributed by atoms with Gasteiger partial charge in [-0.2, -0.15) is 0 Å². The molecule has 0 aliphatic rings. The van der Waals surface area contributed by atoms with Gasteiger partial charge in [-0.1, -0.05) is 6.07 Å². The predicted octanol–water partition coefficient (Wildman–Crippen LogP) is 3.82. The lowest BCUT2D eigenvalue weighted by molar-refractivity contribution is 0.0477. The van der Waals surface area contributed by atoms with E-state index >= 15 is 0 Å². The van der Waals surface area contributed by atoms with Gasteiger partial charge in [0.05, 0.1) is 12.7 Å². The summed E-state index contributed by atoms with van der Waals surface area (Å²) in [4.78, 5) is 1.31. The second-order valence-electron chi connectivity index (χ2n) is 5.52. The van der Waals surface area contributed by atoms with E-state index in [9.17, 15) is 0 Å². The summed E-state index contributed by atoms with van der Waals surface area (Å²) in [7, 11) is 0. The molecule has 0 bridgehead atoms. The van der Waals surface area contributed by atoms with Crippen LogP contribution in [0, 0.1) is 0 Å². The molecule has 0 radical (unpaired) electrons. The molecular weight excluding hydrogens is 230 g/mol. The molecule has 0 fully saturated rings. The Morgan fingerprint density at radius 1 is 1.41 bits per heavy atom. The summed E-state index contributed by atoms with van der Waals surface area (Å²) in [5.74, 6) is 0. The van der Waals surface area contributed by atoms with Gasteiger partial charge in [0.1, 0.15) is 0 Å². The standard InChI is InChI=1S/C14H25NOS/c1-12(7-5-9-15-14(2,3)4)16-11-13-8-6-10-17-13/h6,8,10,12,15H,5,7,9,11H2,1-4H3. The van der Waals surface area contributed by atoms with Crippen molar-refractivity contribution in [3.8, 4) is 0 Å². The van der Waals surface area contributed by atoms with E-state index in [1.54, 1.807) is 11.3 Å². The second kappa shape index (κ2) is 7.14. The summed E-state index contributed by atoms with van der Waals surface area (Å²) in [6, 6.07) is 4.19. The lowest BCUT2D eigenvalue weighted by Gasteiger charge is -2.21. The summed E-state index contributed by atoms with van der Waals surface area (Å²) in [6.07, 6.45) is 2.64. The van der Waals surface area contributed by atoms with E-state index in [1.807, 2.05) is 0 Å². The van der Waals surface area contributed by atoms with Gasteiger partial charge in [-0.15, -0.1) is 11.3 Å². The third kappa shape index (κ3) is 7.53. The molecule has 0 aliphatic heterocycles. The molecule has 2 nitrogen and oxygen atoms in total. The van der Waals surface area contributed by atoms with Crippen LogP contribution in [0.4, 0.5) is 0 Å². The zero-order valence-corrected chi connectivity index (χ0v) is 12.3. The number of hydrogen-bond donors (Lipinski definition) is 1. The van der Waals surface area contributed by atoms with Crippen molar-refractivity contribution in [3.63, 3.8) is 0 Å². The van der Waals surface area contributed by atoms with Gasteiger partial charge >= 0.3 is 0 Å². The molecule has 1 aromatic rings. The van der Waals surface area contributed by atoms with Crippen LogP contribution in [0.3, 0.4) is 0 Å². The molecule has 1 N–H and O–H groups in total. The molecule has 0 aliphatic carbocycles. The van der Waals surface area contributed by atoms with Crippen molar-refractivity contribution in [1.82, 2.24) is 5.32 Å². The van der Waals surface area contributed by atoms with Gasteiger partial charge in [0, 0.05) is 10.4 Å². The van der Waals surface area contributed by atoms with Gasteiger partial charge in [0.25, 0.3) is 0 Å². The minimum absolute atomic E-state index is 0.223. The largest absolute Gasteiger partial charge is 0.373 e. The first kappa shape index (κ1) is 14.7. The zero-order valence-electron chi connectivity index (χ0n) is 11.5. The lowest BCUT2D eigenvalue weighted by atomic mass is 10.1. The molecular formula is C14H25NOS. The maximum Gasteiger partial charge on any atom is 0.0812 e. The van der Waals surface area contributed by atoms with Crippen LogP contribution in [0.5, 0.6) is 0 Å².